The van der Waals surface area contributed by atoms with Crippen LogP contribution in [0.4, 0.5) is 0 Å². The number of benzene rings is 1. The molecule has 1 unspecified atom stereocenters. The van der Waals surface area contributed by atoms with Gasteiger partial charge in [0.25, 0.3) is 0 Å². The van der Waals surface area contributed by atoms with Crippen LogP contribution >= 0.6 is 0 Å². The van der Waals surface area contributed by atoms with Crippen LogP contribution in [0, 0.1) is 0 Å². The minimum Gasteiger partial charge on any atom is -0.481 e. The molecule has 0 aliphatic carbocycles. The molecule has 1 atom stereocenters. The summed E-state index contributed by atoms with van der Waals surface area (Å²) in [6.07, 6.45) is 3.13. The van der Waals surface area contributed by atoms with Crippen LogP contribution in [0.5, 0.6) is 0 Å². The molecule has 0 bridgehead atoms. The maximum Gasteiger partial charge on any atom is 0.336 e. The van der Waals surface area contributed by atoms with Crippen molar-refractivity contribution >= 4 is 17.9 Å². The zero-order valence-electron chi connectivity index (χ0n) is 22.1. The highest BCUT2D eigenvalue weighted by molar-refractivity contribution is 5.88. The summed E-state index contributed by atoms with van der Waals surface area (Å²) in [6, 6.07) is 17.1. The molecule has 0 spiro atoms. The molecule has 3 aromatic rings. The van der Waals surface area contributed by atoms with Crippen molar-refractivity contribution in [3.63, 3.8) is 0 Å². The Labute approximate surface area is 231 Å². The number of carboxylic acids is 3. The SMILES string of the molecule is CC(c1ccccc1)N1CCN(Cc2ccnc(-c3cccnc3)n2)CC1.O=C(O)CC(O)(CC(=O)O)C(=O)O. The van der Waals surface area contributed by atoms with E-state index in [4.69, 9.17) is 25.4 Å². The first kappa shape index (κ1) is 30.3. The lowest BCUT2D eigenvalue weighted by Crippen LogP contribution is -2.46. The number of aliphatic hydroxyl groups is 1. The summed E-state index contributed by atoms with van der Waals surface area (Å²) < 4.78 is 0. The Balaban J connectivity index is 0.000000289. The monoisotopic (exact) mass is 551 g/mol. The lowest BCUT2D eigenvalue weighted by Gasteiger charge is -2.38. The van der Waals surface area contributed by atoms with Crippen molar-refractivity contribution in [1.82, 2.24) is 24.8 Å². The molecule has 40 heavy (non-hydrogen) atoms. The van der Waals surface area contributed by atoms with Gasteiger partial charge >= 0.3 is 17.9 Å². The van der Waals surface area contributed by atoms with Gasteiger partial charge in [0.15, 0.2) is 11.4 Å². The first-order valence-electron chi connectivity index (χ1n) is 12.7. The third-order valence-corrected chi connectivity index (χ3v) is 6.54. The number of rotatable bonds is 10. The van der Waals surface area contributed by atoms with Crippen LogP contribution in [0.3, 0.4) is 0 Å². The van der Waals surface area contributed by atoms with Gasteiger partial charge in [-0.3, -0.25) is 24.4 Å². The Kier molecular flexibility index (Phi) is 10.8. The Morgan fingerprint density at radius 3 is 2.10 bits per heavy atom. The summed E-state index contributed by atoms with van der Waals surface area (Å²) in [5.41, 5.74) is 0.676. The zero-order valence-corrected chi connectivity index (χ0v) is 22.1. The van der Waals surface area contributed by atoms with Gasteiger partial charge in [-0.25, -0.2) is 14.8 Å². The van der Waals surface area contributed by atoms with E-state index in [0.29, 0.717) is 6.04 Å². The zero-order chi connectivity index (χ0) is 29.1. The Bertz CT molecular complexity index is 1250. The molecule has 1 fully saturated rings. The van der Waals surface area contributed by atoms with Gasteiger partial charge in [0, 0.05) is 62.9 Å². The highest BCUT2D eigenvalue weighted by Crippen LogP contribution is 2.22. The fourth-order valence-corrected chi connectivity index (χ4v) is 4.31. The van der Waals surface area contributed by atoms with Gasteiger partial charge in [0.2, 0.25) is 0 Å². The fourth-order valence-electron chi connectivity index (χ4n) is 4.31. The van der Waals surface area contributed by atoms with Crippen molar-refractivity contribution in [2.45, 2.75) is 38.0 Å². The predicted molar refractivity (Wildman–Crippen MR) is 144 cm³/mol. The molecule has 0 amide bonds. The number of hydrogen-bond acceptors (Lipinski definition) is 9. The molecular formula is C28H33N5O7. The first-order valence-corrected chi connectivity index (χ1v) is 12.7. The van der Waals surface area contributed by atoms with Crippen molar-refractivity contribution in [3.05, 3.63) is 78.4 Å². The van der Waals surface area contributed by atoms with Gasteiger partial charge in [-0.15, -0.1) is 0 Å². The lowest BCUT2D eigenvalue weighted by molar-refractivity contribution is -0.170. The van der Waals surface area contributed by atoms with E-state index in [1.807, 2.05) is 30.6 Å². The topological polar surface area (TPSA) is 177 Å². The second kappa shape index (κ2) is 14.2. The van der Waals surface area contributed by atoms with Gasteiger partial charge < -0.3 is 20.4 Å². The highest BCUT2D eigenvalue weighted by atomic mass is 16.4. The van der Waals surface area contributed by atoms with Gasteiger partial charge in [0.1, 0.15) is 0 Å². The van der Waals surface area contributed by atoms with Crippen molar-refractivity contribution < 1.29 is 34.8 Å². The predicted octanol–water partition coefficient (Wildman–Crippen LogP) is 2.17. The van der Waals surface area contributed by atoms with E-state index < -0.39 is 36.4 Å². The largest absolute Gasteiger partial charge is 0.481 e. The summed E-state index contributed by atoms with van der Waals surface area (Å²) in [6.45, 7) is 7.44. The van der Waals surface area contributed by atoms with Gasteiger partial charge in [0.05, 0.1) is 18.5 Å². The van der Waals surface area contributed by atoms with Crippen LogP contribution < -0.4 is 0 Å². The summed E-state index contributed by atoms with van der Waals surface area (Å²) in [4.78, 5) is 48.8. The molecule has 4 N–H and O–H groups in total. The molecule has 1 aromatic carbocycles. The van der Waals surface area contributed by atoms with Crippen LogP contribution in [0.1, 0.15) is 37.1 Å². The Morgan fingerprint density at radius 1 is 0.900 bits per heavy atom. The Hall–Kier alpha value is -4.26. The summed E-state index contributed by atoms with van der Waals surface area (Å²) >= 11 is 0. The van der Waals surface area contributed by atoms with E-state index in [1.165, 1.54) is 5.56 Å². The fraction of sp³-hybridized carbons (Fsp3) is 0.357. The number of aromatic nitrogens is 3. The quantitative estimate of drug-likeness (QED) is 0.289. The molecule has 2 aromatic heterocycles. The summed E-state index contributed by atoms with van der Waals surface area (Å²) in [7, 11) is 0. The summed E-state index contributed by atoms with van der Waals surface area (Å²) in [5.74, 6) is -4.27. The molecule has 1 saturated heterocycles. The second-order valence-electron chi connectivity index (χ2n) is 9.49. The number of hydrogen-bond donors (Lipinski definition) is 4. The van der Waals surface area contributed by atoms with Crippen LogP contribution in [0.15, 0.2) is 67.1 Å². The van der Waals surface area contributed by atoms with Crippen molar-refractivity contribution in [1.29, 1.82) is 0 Å². The molecule has 12 nitrogen and oxygen atoms in total. The first-order chi connectivity index (χ1) is 19.1. The lowest BCUT2D eigenvalue weighted by atomic mass is 9.96. The smallest absolute Gasteiger partial charge is 0.336 e. The number of aliphatic carboxylic acids is 3. The van der Waals surface area contributed by atoms with Crippen LogP contribution in [0.25, 0.3) is 11.4 Å². The molecule has 3 heterocycles. The van der Waals surface area contributed by atoms with E-state index in [1.54, 1.807) is 6.20 Å². The number of piperazine rings is 1. The van der Waals surface area contributed by atoms with E-state index in [0.717, 1.165) is 49.8 Å². The Morgan fingerprint density at radius 2 is 1.55 bits per heavy atom. The molecule has 1 aliphatic heterocycles. The number of pyridine rings is 1. The van der Waals surface area contributed by atoms with Crippen LogP contribution in [0.2, 0.25) is 0 Å². The third kappa shape index (κ3) is 8.90. The molecule has 12 heteroatoms. The summed E-state index contributed by atoms with van der Waals surface area (Å²) in [5, 5.41) is 33.8. The van der Waals surface area contributed by atoms with Crippen molar-refractivity contribution in [2.24, 2.45) is 0 Å². The minimum atomic E-state index is -2.74. The number of nitrogens with zero attached hydrogens (tertiary/aromatic N) is 5. The molecule has 212 valence electrons. The van der Waals surface area contributed by atoms with Crippen molar-refractivity contribution in [3.8, 4) is 11.4 Å². The van der Waals surface area contributed by atoms with Crippen LogP contribution in [-0.2, 0) is 20.9 Å². The average Bonchev–Trinajstić information content (AvgIpc) is 2.94. The molecular weight excluding hydrogens is 518 g/mol. The van der Waals surface area contributed by atoms with Crippen LogP contribution in [-0.4, -0.2) is 94.9 Å². The van der Waals surface area contributed by atoms with Gasteiger partial charge in [-0.05, 0) is 30.7 Å². The number of carbonyl (C=O) groups is 3. The molecule has 1 aliphatic rings. The minimum absolute atomic E-state index is 0.463. The third-order valence-electron chi connectivity index (χ3n) is 6.54. The molecule has 0 radical (unpaired) electrons. The van der Waals surface area contributed by atoms with E-state index in [-0.39, 0.29) is 0 Å². The normalized spacial score (nSPS) is 14.9. The van der Waals surface area contributed by atoms with E-state index in [2.05, 4.69) is 57.0 Å². The van der Waals surface area contributed by atoms with Crippen molar-refractivity contribution in [2.75, 3.05) is 26.2 Å². The van der Waals surface area contributed by atoms with E-state index >= 15 is 0 Å². The standard InChI is InChI=1S/C22H25N5.C6H8O7/c1-18(19-6-3-2-4-7-19)27-14-12-26(13-15-27)17-21-9-11-24-22(25-21)20-8-5-10-23-16-20;7-3(8)1-6(13,5(11)12)2-4(9)10/h2-11,16,18H,12-15,17H2,1H3;13H,1-2H2,(H,7,8)(H,9,10)(H,11,12). The highest BCUT2D eigenvalue weighted by Gasteiger charge is 2.40. The second-order valence-corrected chi connectivity index (χ2v) is 9.49. The maximum atomic E-state index is 10.3. The molecule has 4 rings (SSSR count). The van der Waals surface area contributed by atoms with E-state index in [9.17, 15) is 14.4 Å². The van der Waals surface area contributed by atoms with Gasteiger partial charge in [-0.2, -0.15) is 0 Å². The van der Waals surface area contributed by atoms with Gasteiger partial charge in [-0.1, -0.05) is 30.3 Å². The average molecular weight is 552 g/mol. The number of carboxylic acid groups (broad SMARTS) is 3. The molecule has 0 saturated carbocycles. The maximum absolute atomic E-state index is 10.3.